The molecule has 4 rings (SSSR count). The summed E-state index contributed by atoms with van der Waals surface area (Å²) in [6.07, 6.45) is 0.907. The first-order valence-electron chi connectivity index (χ1n) is 10.5. The van der Waals surface area contributed by atoms with Crippen LogP contribution in [-0.2, 0) is 4.79 Å². The Morgan fingerprint density at radius 3 is 2.52 bits per heavy atom. The maximum absolute atomic E-state index is 13.5. The maximum Gasteiger partial charge on any atom is 0.269 e. The fourth-order valence-electron chi connectivity index (χ4n) is 4.68. The summed E-state index contributed by atoms with van der Waals surface area (Å²) < 4.78 is 5.36. The zero-order valence-corrected chi connectivity index (χ0v) is 18.7. The molecule has 1 atom stereocenters. The van der Waals surface area contributed by atoms with E-state index in [1.54, 1.807) is 30.2 Å². The number of ether oxygens (including phenoxy) is 1. The molecule has 0 fully saturated rings. The summed E-state index contributed by atoms with van der Waals surface area (Å²) in [5.41, 5.74) is 9.03. The number of nitro groups is 1. The Bertz CT molecular complexity index is 1250. The fourth-order valence-corrected chi connectivity index (χ4v) is 4.68. The van der Waals surface area contributed by atoms with Crippen LogP contribution < -0.4 is 15.4 Å². The molecule has 0 amide bonds. The molecule has 8 nitrogen and oxygen atoms in total. The summed E-state index contributed by atoms with van der Waals surface area (Å²) in [4.78, 5) is 25.8. The first-order chi connectivity index (χ1) is 15.7. The van der Waals surface area contributed by atoms with Crippen LogP contribution in [0.5, 0.6) is 5.75 Å². The number of nitro benzene ring substituents is 1. The second-order valence-corrected chi connectivity index (χ2v) is 9.03. The van der Waals surface area contributed by atoms with Crippen molar-refractivity contribution in [2.75, 3.05) is 12.0 Å². The number of hydrogen-bond donors (Lipinski definition) is 1. The Kier molecular flexibility index (Phi) is 5.42. The van der Waals surface area contributed by atoms with Crippen LogP contribution in [0.4, 0.5) is 11.4 Å². The molecule has 1 heterocycles. The number of benzene rings is 2. The van der Waals surface area contributed by atoms with Crippen LogP contribution in [0.2, 0.25) is 0 Å². The lowest BCUT2D eigenvalue weighted by molar-refractivity contribution is -0.384. The number of hydrogen-bond acceptors (Lipinski definition) is 7. The third-order valence-corrected chi connectivity index (χ3v) is 6.13. The topological polar surface area (TPSA) is 122 Å². The minimum Gasteiger partial charge on any atom is -0.497 e. The van der Waals surface area contributed by atoms with Gasteiger partial charge in [-0.25, -0.2) is 0 Å². The van der Waals surface area contributed by atoms with Crippen LogP contribution in [0.15, 0.2) is 71.2 Å². The molecule has 0 saturated carbocycles. The maximum atomic E-state index is 13.5. The number of allylic oxidation sites excluding steroid dienone is 3. The van der Waals surface area contributed by atoms with Gasteiger partial charge in [-0.1, -0.05) is 26.0 Å². The number of nitrogens with zero attached hydrogens (tertiary/aromatic N) is 3. The first kappa shape index (κ1) is 22.1. The molecule has 168 valence electrons. The quantitative estimate of drug-likeness (QED) is 0.542. The highest BCUT2D eigenvalue weighted by Crippen LogP contribution is 2.50. The monoisotopic (exact) mass is 444 g/mol. The Labute approximate surface area is 191 Å². The van der Waals surface area contributed by atoms with Crippen molar-refractivity contribution in [3.8, 4) is 11.8 Å². The first-order valence-corrected chi connectivity index (χ1v) is 10.5. The van der Waals surface area contributed by atoms with Gasteiger partial charge in [-0.15, -0.1) is 0 Å². The van der Waals surface area contributed by atoms with E-state index >= 15 is 0 Å². The molecule has 1 aliphatic carbocycles. The number of carbonyl (C=O) groups is 1. The van der Waals surface area contributed by atoms with Gasteiger partial charge < -0.3 is 10.5 Å². The average molecular weight is 444 g/mol. The number of non-ortho nitro benzene ring substituents is 1. The van der Waals surface area contributed by atoms with Crippen LogP contribution in [0.3, 0.4) is 0 Å². The normalized spacial score (nSPS) is 19.8. The number of nitrogens with two attached hydrogens (primary N) is 1. The van der Waals surface area contributed by atoms with E-state index in [2.05, 4.69) is 6.07 Å². The molecule has 2 N–H and O–H groups in total. The van der Waals surface area contributed by atoms with Gasteiger partial charge in [-0.3, -0.25) is 19.8 Å². The van der Waals surface area contributed by atoms with Crippen LogP contribution in [-0.4, -0.2) is 17.8 Å². The third-order valence-electron chi connectivity index (χ3n) is 6.13. The third kappa shape index (κ3) is 3.82. The molecule has 8 heteroatoms. The van der Waals surface area contributed by atoms with Gasteiger partial charge in [0.1, 0.15) is 11.6 Å². The van der Waals surface area contributed by atoms with Crippen molar-refractivity contribution in [2.45, 2.75) is 32.6 Å². The van der Waals surface area contributed by atoms with Crippen molar-refractivity contribution < 1.29 is 14.5 Å². The summed E-state index contributed by atoms with van der Waals surface area (Å²) in [5, 5.41) is 21.2. The van der Waals surface area contributed by atoms with E-state index in [0.29, 0.717) is 29.9 Å². The van der Waals surface area contributed by atoms with E-state index in [1.165, 1.54) is 12.1 Å². The molecule has 2 aromatic carbocycles. The fraction of sp³-hybridized carbons (Fsp3) is 0.280. The van der Waals surface area contributed by atoms with E-state index in [1.807, 2.05) is 32.0 Å². The summed E-state index contributed by atoms with van der Waals surface area (Å²) in [6.45, 7) is 4.03. The van der Waals surface area contributed by atoms with Gasteiger partial charge in [0.25, 0.3) is 5.69 Å². The summed E-state index contributed by atoms with van der Waals surface area (Å²) >= 11 is 0. The molecule has 0 bridgehead atoms. The lowest BCUT2D eigenvalue weighted by Crippen LogP contribution is -2.42. The molecule has 2 aliphatic rings. The summed E-state index contributed by atoms with van der Waals surface area (Å²) in [6, 6.07) is 15.5. The molecule has 33 heavy (non-hydrogen) atoms. The predicted molar refractivity (Wildman–Crippen MR) is 123 cm³/mol. The Hall–Kier alpha value is -4.12. The highest BCUT2D eigenvalue weighted by molar-refractivity contribution is 6.01. The minimum atomic E-state index is -0.613. The Morgan fingerprint density at radius 2 is 1.91 bits per heavy atom. The lowest BCUT2D eigenvalue weighted by Gasteiger charge is -2.43. The molecular formula is C25H24N4O4. The highest BCUT2D eigenvalue weighted by Gasteiger charge is 2.44. The van der Waals surface area contributed by atoms with E-state index < -0.39 is 10.8 Å². The zero-order valence-electron chi connectivity index (χ0n) is 18.7. The van der Waals surface area contributed by atoms with Gasteiger partial charge in [0.2, 0.25) is 0 Å². The number of nitriles is 1. The van der Waals surface area contributed by atoms with Crippen LogP contribution in [0, 0.1) is 26.9 Å². The average Bonchev–Trinajstić information content (AvgIpc) is 2.77. The van der Waals surface area contributed by atoms with Gasteiger partial charge in [-0.2, -0.15) is 5.26 Å². The standard InChI is InChI=1S/C25H24N4O4/c1-25(2)12-20-23(21(30)13-25)22(15-5-4-6-18(11-15)33-3)19(14-26)24(27)28(20)16-7-9-17(10-8-16)29(31)32/h4-11,22H,12-13,27H2,1-3H3/t22-/m1/s1. The van der Waals surface area contributed by atoms with E-state index in [9.17, 15) is 20.2 Å². The summed E-state index contributed by atoms with van der Waals surface area (Å²) in [7, 11) is 1.56. The Morgan fingerprint density at radius 1 is 1.21 bits per heavy atom. The lowest BCUT2D eigenvalue weighted by atomic mass is 9.68. The van der Waals surface area contributed by atoms with Gasteiger partial charge in [0.15, 0.2) is 5.78 Å². The molecule has 0 radical (unpaired) electrons. The van der Waals surface area contributed by atoms with Crippen LogP contribution in [0.25, 0.3) is 0 Å². The molecule has 0 saturated heterocycles. The largest absolute Gasteiger partial charge is 0.497 e. The number of carbonyl (C=O) groups excluding carboxylic acids is 1. The molecule has 0 aromatic heterocycles. The molecule has 0 spiro atoms. The predicted octanol–water partition coefficient (Wildman–Crippen LogP) is 4.54. The van der Waals surface area contributed by atoms with Gasteiger partial charge >= 0.3 is 0 Å². The van der Waals surface area contributed by atoms with Gasteiger partial charge in [0.05, 0.1) is 29.6 Å². The molecule has 0 unspecified atom stereocenters. The number of rotatable bonds is 4. The second kappa shape index (κ2) is 8.10. The number of anilines is 1. The summed E-state index contributed by atoms with van der Waals surface area (Å²) in [5.74, 6) is 0.176. The minimum absolute atomic E-state index is 0.0405. The number of methoxy groups -OCH3 is 1. The number of ketones is 1. The van der Waals surface area contributed by atoms with Crippen molar-refractivity contribution in [3.63, 3.8) is 0 Å². The van der Waals surface area contributed by atoms with Crippen molar-refractivity contribution in [3.05, 3.63) is 86.9 Å². The van der Waals surface area contributed by atoms with E-state index in [-0.39, 0.29) is 28.3 Å². The molecule has 1 aliphatic heterocycles. The van der Waals surface area contributed by atoms with Crippen molar-refractivity contribution >= 4 is 17.2 Å². The zero-order chi connectivity index (χ0) is 23.9. The SMILES string of the molecule is COc1cccc([C@@H]2C(C#N)=C(N)N(c3ccc([N+](=O)[O-])cc3)C3=C2C(=O)CC(C)(C)C3)c1. The Balaban J connectivity index is 1.96. The van der Waals surface area contributed by atoms with Crippen LogP contribution >= 0.6 is 0 Å². The number of Topliss-reactive ketones (excluding diaryl/α,β-unsaturated/α-hetero) is 1. The van der Waals surface area contributed by atoms with E-state index in [4.69, 9.17) is 10.5 Å². The smallest absolute Gasteiger partial charge is 0.269 e. The van der Waals surface area contributed by atoms with E-state index in [0.717, 1.165) is 11.3 Å². The van der Waals surface area contributed by atoms with Crippen molar-refractivity contribution in [1.82, 2.24) is 0 Å². The molecular weight excluding hydrogens is 420 g/mol. The highest BCUT2D eigenvalue weighted by atomic mass is 16.6. The van der Waals surface area contributed by atoms with Gasteiger partial charge in [0, 0.05) is 35.5 Å². The molecule has 2 aromatic rings. The van der Waals surface area contributed by atoms with Crippen molar-refractivity contribution in [2.24, 2.45) is 11.1 Å². The second-order valence-electron chi connectivity index (χ2n) is 9.03. The van der Waals surface area contributed by atoms with Gasteiger partial charge in [-0.05, 0) is 41.7 Å². The van der Waals surface area contributed by atoms with Crippen molar-refractivity contribution in [1.29, 1.82) is 5.26 Å². The van der Waals surface area contributed by atoms with Crippen LogP contribution in [0.1, 0.15) is 38.2 Å².